The van der Waals surface area contributed by atoms with Gasteiger partial charge in [-0.2, -0.15) is 0 Å². The number of carbonyl (C=O) groups excluding carboxylic acids is 1. The van der Waals surface area contributed by atoms with Crippen molar-refractivity contribution >= 4 is 5.91 Å². The average molecular weight is 341 g/mol. The Morgan fingerprint density at radius 1 is 1.08 bits per heavy atom. The van der Waals surface area contributed by atoms with Crippen molar-refractivity contribution in [1.82, 2.24) is 4.90 Å². The van der Waals surface area contributed by atoms with Crippen molar-refractivity contribution in [3.8, 4) is 0 Å². The van der Waals surface area contributed by atoms with Crippen molar-refractivity contribution in [3.63, 3.8) is 0 Å². The Morgan fingerprint density at radius 2 is 1.71 bits per heavy atom. The monoisotopic (exact) mass is 341 g/mol. The smallest absolute Gasteiger partial charge is 0.257 e. The molecule has 0 aromatic heterocycles. The van der Waals surface area contributed by atoms with E-state index in [1.54, 1.807) is 30.3 Å². The van der Waals surface area contributed by atoms with Gasteiger partial charge in [-0.1, -0.05) is 30.3 Å². The highest BCUT2D eigenvalue weighted by Crippen LogP contribution is 2.26. The van der Waals surface area contributed by atoms with Gasteiger partial charge in [-0.15, -0.1) is 0 Å². The van der Waals surface area contributed by atoms with Crippen LogP contribution in [-0.4, -0.2) is 29.6 Å². The molecule has 1 unspecified atom stereocenters. The maximum absolute atomic E-state index is 13.8. The van der Waals surface area contributed by atoms with E-state index in [0.717, 1.165) is 4.90 Å². The Balaban J connectivity index is 2.41. The van der Waals surface area contributed by atoms with Crippen molar-refractivity contribution in [1.29, 1.82) is 0 Å². The molecule has 2 aromatic carbocycles. The zero-order chi connectivity index (χ0) is 17.9. The highest BCUT2D eigenvalue weighted by Gasteiger charge is 2.28. The zero-order valence-electron chi connectivity index (χ0n) is 12.8. The molecule has 2 rings (SSSR count). The van der Waals surface area contributed by atoms with Crippen LogP contribution in [0.1, 0.15) is 28.4 Å². The number of aliphatic hydroxyl groups excluding tert-OH is 1. The zero-order valence-corrected chi connectivity index (χ0v) is 12.8. The van der Waals surface area contributed by atoms with Crippen LogP contribution in [0.25, 0.3) is 0 Å². The summed E-state index contributed by atoms with van der Waals surface area (Å²) in [6.07, 6.45) is 0.139. The summed E-state index contributed by atoms with van der Waals surface area (Å²) >= 11 is 0. The topological polar surface area (TPSA) is 40.5 Å². The van der Waals surface area contributed by atoms with Gasteiger partial charge >= 0.3 is 0 Å². The molecular formula is C17H15F4NO2. The van der Waals surface area contributed by atoms with Gasteiger partial charge in [0, 0.05) is 13.7 Å². The molecule has 3 nitrogen and oxygen atoms in total. The van der Waals surface area contributed by atoms with Crippen molar-refractivity contribution in [2.24, 2.45) is 0 Å². The van der Waals surface area contributed by atoms with E-state index in [9.17, 15) is 27.5 Å². The van der Waals surface area contributed by atoms with Crippen molar-refractivity contribution < 1.29 is 27.5 Å². The van der Waals surface area contributed by atoms with Crippen molar-refractivity contribution in [3.05, 3.63) is 70.8 Å². The van der Waals surface area contributed by atoms with Crippen LogP contribution in [-0.2, 0) is 0 Å². The molecule has 0 heterocycles. The third kappa shape index (κ3) is 3.41. The van der Waals surface area contributed by atoms with Gasteiger partial charge in [-0.05, 0) is 18.1 Å². The van der Waals surface area contributed by atoms with E-state index in [4.69, 9.17) is 0 Å². The molecule has 0 radical (unpaired) electrons. The normalized spacial score (nSPS) is 12.1. The van der Waals surface area contributed by atoms with E-state index in [1.165, 1.54) is 7.05 Å². The number of hydrogen-bond donors (Lipinski definition) is 1. The third-order valence-electron chi connectivity index (χ3n) is 3.71. The molecular weight excluding hydrogens is 326 g/mol. The Kier molecular flexibility index (Phi) is 5.56. The lowest BCUT2D eigenvalue weighted by molar-refractivity contribution is 0.0698. The molecule has 2 aromatic rings. The lowest BCUT2D eigenvalue weighted by atomic mass is 10.0. The number of nitrogens with zero attached hydrogens (tertiary/aromatic N) is 1. The molecule has 0 bridgehead atoms. The maximum Gasteiger partial charge on any atom is 0.257 e. The molecule has 24 heavy (non-hydrogen) atoms. The van der Waals surface area contributed by atoms with Crippen LogP contribution in [0.3, 0.4) is 0 Å². The number of carbonyl (C=O) groups is 1. The fourth-order valence-electron chi connectivity index (χ4n) is 2.44. The summed E-state index contributed by atoms with van der Waals surface area (Å²) in [6.45, 7) is -0.258. The van der Waals surface area contributed by atoms with Crippen LogP contribution in [0, 0.1) is 23.3 Å². The fourth-order valence-corrected chi connectivity index (χ4v) is 2.44. The molecule has 0 fully saturated rings. The second-order valence-electron chi connectivity index (χ2n) is 5.20. The molecule has 1 atom stereocenters. The van der Waals surface area contributed by atoms with E-state index < -0.39 is 40.8 Å². The van der Waals surface area contributed by atoms with Crippen molar-refractivity contribution in [2.75, 3.05) is 13.7 Å². The van der Waals surface area contributed by atoms with Gasteiger partial charge < -0.3 is 10.0 Å². The molecule has 0 aliphatic rings. The van der Waals surface area contributed by atoms with E-state index >= 15 is 0 Å². The number of aliphatic hydroxyl groups is 1. The second kappa shape index (κ2) is 7.44. The molecule has 0 saturated heterocycles. The minimum atomic E-state index is -2.04. The molecule has 7 heteroatoms. The molecule has 1 N–H and O–H groups in total. The lowest BCUT2D eigenvalue weighted by Crippen LogP contribution is -2.33. The number of amides is 1. The van der Waals surface area contributed by atoms with Gasteiger partial charge in [0.05, 0.1) is 11.6 Å². The minimum Gasteiger partial charge on any atom is -0.396 e. The summed E-state index contributed by atoms with van der Waals surface area (Å²) in [7, 11) is 1.31. The van der Waals surface area contributed by atoms with Crippen LogP contribution >= 0.6 is 0 Å². The van der Waals surface area contributed by atoms with Gasteiger partial charge in [0.25, 0.3) is 5.91 Å². The van der Waals surface area contributed by atoms with Gasteiger partial charge in [-0.25, -0.2) is 17.6 Å². The average Bonchev–Trinajstić information content (AvgIpc) is 2.60. The quantitative estimate of drug-likeness (QED) is 0.514. The fraction of sp³-hybridized carbons (Fsp3) is 0.235. The SMILES string of the molecule is CN(C(=O)c1cc(F)c(F)c(F)c1F)C(CCO)c1ccccc1. The van der Waals surface area contributed by atoms with Crippen LogP contribution in [0.2, 0.25) is 0 Å². The van der Waals surface area contributed by atoms with E-state index in [0.29, 0.717) is 11.6 Å². The third-order valence-corrected chi connectivity index (χ3v) is 3.71. The summed E-state index contributed by atoms with van der Waals surface area (Å²) in [6, 6.07) is 8.28. The predicted molar refractivity (Wildman–Crippen MR) is 79.3 cm³/mol. The van der Waals surface area contributed by atoms with E-state index in [2.05, 4.69) is 0 Å². The molecule has 0 aliphatic carbocycles. The summed E-state index contributed by atoms with van der Waals surface area (Å²) in [5.41, 5.74) is -0.251. The lowest BCUT2D eigenvalue weighted by Gasteiger charge is -2.28. The summed E-state index contributed by atoms with van der Waals surface area (Å²) in [5.74, 6) is -8.43. The largest absolute Gasteiger partial charge is 0.396 e. The molecule has 0 aliphatic heterocycles. The Labute approximate surface area is 136 Å². The maximum atomic E-state index is 13.8. The Bertz CT molecular complexity index is 737. The first-order chi connectivity index (χ1) is 11.4. The first-order valence-electron chi connectivity index (χ1n) is 7.14. The molecule has 0 saturated carbocycles. The summed E-state index contributed by atoms with van der Waals surface area (Å²) in [4.78, 5) is 13.5. The van der Waals surface area contributed by atoms with Crippen LogP contribution in [0.15, 0.2) is 36.4 Å². The first kappa shape index (κ1) is 17.9. The molecule has 128 valence electrons. The molecule has 1 amide bonds. The number of rotatable bonds is 5. The summed E-state index contributed by atoms with van der Waals surface area (Å²) < 4.78 is 53.5. The minimum absolute atomic E-state index is 0.139. The van der Waals surface area contributed by atoms with Gasteiger partial charge in [0.15, 0.2) is 23.3 Å². The van der Waals surface area contributed by atoms with E-state index in [1.807, 2.05) is 0 Å². The van der Waals surface area contributed by atoms with Crippen molar-refractivity contribution in [2.45, 2.75) is 12.5 Å². The van der Waals surface area contributed by atoms with Crippen LogP contribution < -0.4 is 0 Å². The van der Waals surface area contributed by atoms with Crippen LogP contribution in [0.4, 0.5) is 17.6 Å². The predicted octanol–water partition coefficient (Wildman–Crippen LogP) is 3.44. The van der Waals surface area contributed by atoms with Gasteiger partial charge in [0.2, 0.25) is 0 Å². The summed E-state index contributed by atoms with van der Waals surface area (Å²) in [5, 5.41) is 9.20. The standard InChI is InChI=1S/C17H15F4NO2/c1-22(13(7-8-23)10-5-3-2-4-6-10)17(24)11-9-12(18)15(20)16(21)14(11)19/h2-6,9,13,23H,7-8H2,1H3. The first-order valence-corrected chi connectivity index (χ1v) is 7.14. The molecule has 0 spiro atoms. The van der Waals surface area contributed by atoms with E-state index in [-0.39, 0.29) is 13.0 Å². The number of benzene rings is 2. The van der Waals surface area contributed by atoms with Gasteiger partial charge in [0.1, 0.15) is 0 Å². The Hall–Kier alpha value is -2.41. The second-order valence-corrected chi connectivity index (χ2v) is 5.20. The van der Waals surface area contributed by atoms with Gasteiger partial charge in [-0.3, -0.25) is 4.79 Å². The Morgan fingerprint density at radius 3 is 2.29 bits per heavy atom. The number of hydrogen-bond acceptors (Lipinski definition) is 2. The highest BCUT2D eigenvalue weighted by atomic mass is 19.2. The van der Waals surface area contributed by atoms with Crippen LogP contribution in [0.5, 0.6) is 0 Å². The highest BCUT2D eigenvalue weighted by molar-refractivity contribution is 5.94. The number of halogens is 4.